The number of hydrazine groups is 1. The highest BCUT2D eigenvalue weighted by molar-refractivity contribution is 6.30. The van der Waals surface area contributed by atoms with Crippen molar-refractivity contribution in [2.24, 2.45) is 0 Å². The third-order valence-corrected chi connectivity index (χ3v) is 2.24. The third kappa shape index (κ3) is 2.12. The molecule has 1 amide bonds. The van der Waals surface area contributed by atoms with E-state index < -0.39 is 0 Å². The van der Waals surface area contributed by atoms with Crippen molar-refractivity contribution >= 4 is 23.7 Å². The lowest BCUT2D eigenvalue weighted by Crippen LogP contribution is -2.25. The molecule has 0 radical (unpaired) electrons. The van der Waals surface area contributed by atoms with Crippen molar-refractivity contribution in [1.29, 1.82) is 0 Å². The van der Waals surface area contributed by atoms with E-state index in [0.29, 0.717) is 18.0 Å². The first-order valence-corrected chi connectivity index (χ1v) is 4.78. The second kappa shape index (κ2) is 3.80. The van der Waals surface area contributed by atoms with Crippen molar-refractivity contribution in [3.05, 3.63) is 34.9 Å². The van der Waals surface area contributed by atoms with Crippen molar-refractivity contribution in [3.8, 4) is 0 Å². The molecule has 4 heteroatoms. The van der Waals surface area contributed by atoms with Gasteiger partial charge < -0.3 is 0 Å². The molecule has 1 aromatic carbocycles. The van der Waals surface area contributed by atoms with Gasteiger partial charge in [-0.2, -0.15) is 0 Å². The van der Waals surface area contributed by atoms with E-state index in [9.17, 15) is 4.79 Å². The molecule has 1 saturated heterocycles. The topological polar surface area (TPSA) is 32.1 Å². The Kier molecular flexibility index (Phi) is 2.50. The van der Waals surface area contributed by atoms with Crippen LogP contribution in [0.4, 0.5) is 0 Å². The predicted octanol–water partition coefficient (Wildman–Crippen LogP) is 1.21. The van der Waals surface area contributed by atoms with Gasteiger partial charge in [0.2, 0.25) is 6.21 Å². The van der Waals surface area contributed by atoms with Crippen LogP contribution in [0.15, 0.2) is 24.3 Å². The van der Waals surface area contributed by atoms with E-state index in [1.165, 1.54) is 0 Å². The molecule has 0 aliphatic carbocycles. The molecule has 0 spiro atoms. The summed E-state index contributed by atoms with van der Waals surface area (Å²) in [5.74, 6) is 0.0586. The number of nitrogens with one attached hydrogen (secondary N) is 1. The maximum Gasteiger partial charge on any atom is 0.280 e. The first kappa shape index (κ1) is 9.21. The number of nitrogens with zero attached hydrogens (tertiary/aromatic N) is 1. The molecule has 0 bridgehead atoms. The lowest BCUT2D eigenvalue weighted by atomic mass is 10.2. The number of benzene rings is 1. The Hall–Kier alpha value is -1.35. The van der Waals surface area contributed by atoms with Gasteiger partial charge in [-0.15, -0.1) is 10.1 Å². The monoisotopic (exact) mass is 209 g/mol. The minimum absolute atomic E-state index is 0.0586. The van der Waals surface area contributed by atoms with Crippen LogP contribution in [0.1, 0.15) is 12.0 Å². The van der Waals surface area contributed by atoms with Gasteiger partial charge in [-0.05, 0) is 18.2 Å². The molecule has 3 nitrogen and oxygen atoms in total. The summed E-state index contributed by atoms with van der Waals surface area (Å²) in [6.07, 6.45) is 2.42. The summed E-state index contributed by atoms with van der Waals surface area (Å²) < 4.78 is 1.77. The lowest BCUT2D eigenvalue weighted by molar-refractivity contribution is -0.553. The molecule has 0 saturated carbocycles. The van der Waals surface area contributed by atoms with Crippen LogP contribution in [0.5, 0.6) is 0 Å². The Morgan fingerprint density at radius 1 is 1.50 bits per heavy atom. The summed E-state index contributed by atoms with van der Waals surface area (Å²) in [5.41, 5.74) is 3.70. The Balaban J connectivity index is 2.21. The molecule has 2 rings (SSSR count). The molecular weight excluding hydrogens is 200 g/mol. The number of rotatable bonds is 1. The Bertz CT molecular complexity index is 401. The van der Waals surface area contributed by atoms with Crippen molar-refractivity contribution in [2.45, 2.75) is 6.42 Å². The van der Waals surface area contributed by atoms with Crippen molar-refractivity contribution in [1.82, 2.24) is 5.43 Å². The zero-order chi connectivity index (χ0) is 9.97. The standard InChI is InChI=1S/C10H9ClN2O/c11-9-3-1-2-8(6-9)7-13-5-4-10(14)12-13/h1-3,6-7H,4-5H2/p+1/b13-7+. The molecule has 1 aliphatic heterocycles. The Morgan fingerprint density at radius 3 is 3.00 bits per heavy atom. The molecule has 1 aromatic rings. The summed E-state index contributed by atoms with van der Waals surface area (Å²) >= 11 is 5.83. The highest BCUT2D eigenvalue weighted by atomic mass is 35.5. The van der Waals surface area contributed by atoms with E-state index in [1.807, 2.05) is 30.5 Å². The molecule has 0 aromatic heterocycles. The average molecular weight is 210 g/mol. The number of hydrazone groups is 1. The maximum atomic E-state index is 10.9. The molecule has 0 atom stereocenters. The number of amides is 1. The smallest absolute Gasteiger partial charge is 0.269 e. The summed E-state index contributed by atoms with van der Waals surface area (Å²) in [6, 6.07) is 7.50. The summed E-state index contributed by atoms with van der Waals surface area (Å²) in [5, 5.41) is 0.698. The number of carbonyl (C=O) groups excluding carboxylic acids is 1. The normalized spacial score (nSPS) is 18.6. The number of carbonyl (C=O) groups is 1. The molecule has 0 unspecified atom stereocenters. The second-order valence-corrected chi connectivity index (χ2v) is 3.60. The van der Waals surface area contributed by atoms with Gasteiger partial charge in [-0.1, -0.05) is 17.7 Å². The van der Waals surface area contributed by atoms with Crippen molar-refractivity contribution in [3.63, 3.8) is 0 Å². The van der Waals surface area contributed by atoms with Crippen LogP contribution in [0.3, 0.4) is 0 Å². The summed E-state index contributed by atoms with van der Waals surface area (Å²) in [6.45, 7) is 0.714. The summed E-state index contributed by atoms with van der Waals surface area (Å²) in [7, 11) is 0. The minimum Gasteiger partial charge on any atom is -0.269 e. The van der Waals surface area contributed by atoms with Gasteiger partial charge in [-0.25, -0.2) is 0 Å². The fourth-order valence-corrected chi connectivity index (χ4v) is 1.56. The molecule has 1 fully saturated rings. The van der Waals surface area contributed by atoms with Crippen LogP contribution in [0.25, 0.3) is 0 Å². The highest BCUT2D eigenvalue weighted by Crippen LogP contribution is 2.08. The highest BCUT2D eigenvalue weighted by Gasteiger charge is 2.20. The molecular formula is C10H10ClN2O+. The SMILES string of the molecule is O=C1CC/[N+](=C\c2cccc(Cl)c2)N1. The molecule has 14 heavy (non-hydrogen) atoms. The third-order valence-electron chi connectivity index (χ3n) is 2.00. The van der Waals surface area contributed by atoms with Gasteiger partial charge >= 0.3 is 0 Å². The number of halogens is 1. The Labute approximate surface area is 87.0 Å². The van der Waals surface area contributed by atoms with E-state index in [1.54, 1.807) is 4.68 Å². The molecule has 1 aliphatic rings. The van der Waals surface area contributed by atoms with E-state index in [2.05, 4.69) is 5.43 Å². The average Bonchev–Trinajstić information content (AvgIpc) is 2.51. The van der Waals surface area contributed by atoms with Crippen LogP contribution in [0, 0.1) is 0 Å². The van der Waals surface area contributed by atoms with Gasteiger partial charge in [0, 0.05) is 10.6 Å². The zero-order valence-electron chi connectivity index (χ0n) is 7.53. The van der Waals surface area contributed by atoms with E-state index in [0.717, 1.165) is 5.56 Å². The molecule has 1 heterocycles. The largest absolute Gasteiger partial charge is 0.280 e. The van der Waals surface area contributed by atoms with Crippen LogP contribution < -0.4 is 5.43 Å². The fourth-order valence-electron chi connectivity index (χ4n) is 1.36. The first-order chi connectivity index (χ1) is 6.74. The van der Waals surface area contributed by atoms with Gasteiger partial charge in [0.1, 0.15) is 0 Å². The van der Waals surface area contributed by atoms with Gasteiger partial charge in [0.25, 0.3) is 5.91 Å². The van der Waals surface area contributed by atoms with Gasteiger partial charge in [0.15, 0.2) is 6.54 Å². The van der Waals surface area contributed by atoms with Gasteiger partial charge in [0.05, 0.1) is 6.42 Å². The minimum atomic E-state index is 0.0586. The predicted molar refractivity (Wildman–Crippen MR) is 54.5 cm³/mol. The Morgan fingerprint density at radius 2 is 2.36 bits per heavy atom. The molecule has 1 N–H and O–H groups in total. The quantitative estimate of drug-likeness (QED) is 0.693. The summed E-state index contributed by atoms with van der Waals surface area (Å²) in [4.78, 5) is 10.9. The van der Waals surface area contributed by atoms with Crippen LogP contribution in [-0.4, -0.2) is 23.4 Å². The first-order valence-electron chi connectivity index (χ1n) is 4.40. The van der Waals surface area contributed by atoms with Gasteiger partial charge in [-0.3, -0.25) is 4.79 Å². The lowest BCUT2D eigenvalue weighted by Gasteiger charge is -1.93. The zero-order valence-corrected chi connectivity index (χ0v) is 8.29. The van der Waals surface area contributed by atoms with Crippen molar-refractivity contribution < 1.29 is 9.48 Å². The van der Waals surface area contributed by atoms with E-state index in [4.69, 9.17) is 11.6 Å². The van der Waals surface area contributed by atoms with Crippen LogP contribution in [0.2, 0.25) is 5.02 Å². The molecule has 72 valence electrons. The number of hydrogen-bond acceptors (Lipinski definition) is 1. The fraction of sp³-hybridized carbons (Fsp3) is 0.200. The van der Waals surface area contributed by atoms with Crippen molar-refractivity contribution in [2.75, 3.05) is 6.54 Å². The van der Waals surface area contributed by atoms with Crippen LogP contribution >= 0.6 is 11.6 Å². The maximum absolute atomic E-state index is 10.9. The second-order valence-electron chi connectivity index (χ2n) is 3.16. The van der Waals surface area contributed by atoms with Crippen LogP contribution in [-0.2, 0) is 4.79 Å². The van der Waals surface area contributed by atoms with E-state index >= 15 is 0 Å². The van der Waals surface area contributed by atoms with E-state index in [-0.39, 0.29) is 5.91 Å². The number of hydrogen-bond donors (Lipinski definition) is 1.